The van der Waals surface area contributed by atoms with E-state index in [9.17, 15) is 14.9 Å². The number of aromatic nitrogens is 2. The zero-order valence-corrected chi connectivity index (χ0v) is 14.7. The van der Waals surface area contributed by atoms with E-state index < -0.39 is 11.0 Å². The van der Waals surface area contributed by atoms with Gasteiger partial charge in [0.05, 0.1) is 19.1 Å². The van der Waals surface area contributed by atoms with Crippen LogP contribution in [-0.2, 0) is 4.79 Å². The molecule has 1 amide bonds. The summed E-state index contributed by atoms with van der Waals surface area (Å²) in [6, 6.07) is 4.26. The van der Waals surface area contributed by atoms with Gasteiger partial charge in [-0.25, -0.2) is 0 Å². The lowest BCUT2D eigenvalue weighted by Crippen LogP contribution is -2.25. The monoisotopic (exact) mass is 348 g/mol. The number of carbonyl (C=O) groups is 1. The Labute approximate surface area is 144 Å². The van der Waals surface area contributed by atoms with Gasteiger partial charge in [0.15, 0.2) is 11.5 Å². The molecule has 0 bridgehead atoms. The van der Waals surface area contributed by atoms with Crippen molar-refractivity contribution in [1.82, 2.24) is 9.78 Å². The van der Waals surface area contributed by atoms with E-state index in [-0.39, 0.29) is 17.3 Å². The first-order valence-corrected chi connectivity index (χ1v) is 7.53. The fourth-order valence-corrected chi connectivity index (χ4v) is 2.57. The number of anilines is 1. The number of methoxy groups -OCH3 is 2. The average Bonchev–Trinajstić information content (AvgIpc) is 2.88. The second-order valence-electron chi connectivity index (χ2n) is 5.46. The average molecular weight is 348 g/mol. The number of amides is 1. The summed E-state index contributed by atoms with van der Waals surface area (Å²) in [6.07, 6.45) is 0. The lowest BCUT2D eigenvalue weighted by Gasteiger charge is -2.15. The van der Waals surface area contributed by atoms with Crippen LogP contribution in [0.4, 0.5) is 11.4 Å². The van der Waals surface area contributed by atoms with Crippen molar-refractivity contribution in [3.8, 4) is 11.5 Å². The molecule has 9 heteroatoms. The first-order chi connectivity index (χ1) is 11.8. The molecule has 0 aliphatic heterocycles. The highest BCUT2D eigenvalue weighted by molar-refractivity contribution is 5.93. The van der Waals surface area contributed by atoms with E-state index in [0.29, 0.717) is 22.9 Å². The molecule has 2 rings (SSSR count). The fraction of sp³-hybridized carbons (Fsp3) is 0.375. The normalized spacial score (nSPS) is 11.7. The second-order valence-corrected chi connectivity index (χ2v) is 5.46. The van der Waals surface area contributed by atoms with E-state index >= 15 is 0 Å². The zero-order valence-electron chi connectivity index (χ0n) is 14.7. The Bertz CT molecular complexity index is 815. The summed E-state index contributed by atoms with van der Waals surface area (Å²) >= 11 is 0. The van der Waals surface area contributed by atoms with Crippen LogP contribution in [0, 0.1) is 24.0 Å². The van der Waals surface area contributed by atoms with Crippen molar-refractivity contribution in [2.75, 3.05) is 19.5 Å². The van der Waals surface area contributed by atoms with Gasteiger partial charge >= 0.3 is 5.69 Å². The van der Waals surface area contributed by atoms with Crippen LogP contribution in [0.15, 0.2) is 18.2 Å². The Hall–Kier alpha value is -3.10. The number of hydrogen-bond acceptors (Lipinski definition) is 6. The minimum atomic E-state index is -0.722. The number of nitrogens with one attached hydrogen (secondary N) is 1. The van der Waals surface area contributed by atoms with E-state index in [1.54, 1.807) is 39.0 Å². The second kappa shape index (κ2) is 7.20. The molecule has 2 aromatic rings. The van der Waals surface area contributed by atoms with Crippen LogP contribution >= 0.6 is 0 Å². The molecule has 0 aliphatic carbocycles. The number of ether oxygens (including phenoxy) is 2. The quantitative estimate of drug-likeness (QED) is 0.635. The number of carbonyl (C=O) groups excluding carboxylic acids is 1. The van der Waals surface area contributed by atoms with Gasteiger partial charge in [0, 0.05) is 11.8 Å². The van der Waals surface area contributed by atoms with Crippen LogP contribution < -0.4 is 14.8 Å². The Kier molecular flexibility index (Phi) is 5.26. The van der Waals surface area contributed by atoms with Crippen LogP contribution in [0.25, 0.3) is 0 Å². The molecule has 134 valence electrons. The molecule has 1 aromatic carbocycles. The van der Waals surface area contributed by atoms with Gasteiger partial charge in [0.2, 0.25) is 5.91 Å². The van der Waals surface area contributed by atoms with Gasteiger partial charge in [0.1, 0.15) is 17.4 Å². The Morgan fingerprint density at radius 2 is 1.92 bits per heavy atom. The number of aryl methyl sites for hydroxylation is 1. The molecule has 0 saturated heterocycles. The van der Waals surface area contributed by atoms with Crippen LogP contribution in [-0.4, -0.2) is 34.8 Å². The van der Waals surface area contributed by atoms with Crippen molar-refractivity contribution in [1.29, 1.82) is 0 Å². The third-order valence-corrected chi connectivity index (χ3v) is 3.87. The van der Waals surface area contributed by atoms with E-state index in [2.05, 4.69) is 10.4 Å². The molecule has 0 aliphatic rings. The predicted molar refractivity (Wildman–Crippen MR) is 91.2 cm³/mol. The van der Waals surface area contributed by atoms with E-state index in [4.69, 9.17) is 9.47 Å². The Morgan fingerprint density at radius 1 is 1.28 bits per heavy atom. The maximum absolute atomic E-state index is 12.5. The molecule has 9 nitrogen and oxygen atoms in total. The van der Waals surface area contributed by atoms with Crippen molar-refractivity contribution >= 4 is 17.3 Å². The highest BCUT2D eigenvalue weighted by Gasteiger charge is 2.27. The van der Waals surface area contributed by atoms with Crippen LogP contribution in [0.2, 0.25) is 0 Å². The van der Waals surface area contributed by atoms with Crippen molar-refractivity contribution < 1.29 is 19.2 Å². The summed E-state index contributed by atoms with van der Waals surface area (Å²) in [5, 5.41) is 18.0. The third-order valence-electron chi connectivity index (χ3n) is 3.87. The molecule has 0 saturated carbocycles. The Balaban J connectivity index is 2.24. The molecule has 0 radical (unpaired) electrons. The van der Waals surface area contributed by atoms with Gasteiger partial charge in [-0.05, 0) is 32.9 Å². The molecule has 1 unspecified atom stereocenters. The van der Waals surface area contributed by atoms with Crippen molar-refractivity contribution in [2.45, 2.75) is 26.8 Å². The van der Waals surface area contributed by atoms with E-state index in [0.717, 1.165) is 0 Å². The SMILES string of the molecule is COc1ccc(NC(=O)C(C)n2nc(C)c([N+](=O)[O-])c2C)cc1OC. The fourth-order valence-electron chi connectivity index (χ4n) is 2.57. The zero-order chi connectivity index (χ0) is 18.7. The van der Waals surface area contributed by atoms with Gasteiger partial charge in [0.25, 0.3) is 0 Å². The summed E-state index contributed by atoms with van der Waals surface area (Å²) in [6.45, 7) is 4.73. The van der Waals surface area contributed by atoms with E-state index in [1.807, 2.05) is 0 Å². The van der Waals surface area contributed by atoms with Crippen LogP contribution in [0.3, 0.4) is 0 Å². The van der Waals surface area contributed by atoms with E-state index in [1.165, 1.54) is 18.9 Å². The standard InChI is InChI=1S/C16H20N4O5/c1-9-15(20(22)23)10(2)19(18-9)11(3)16(21)17-12-6-7-13(24-4)14(8-12)25-5/h6-8,11H,1-5H3,(H,17,21). The smallest absolute Gasteiger partial charge is 0.312 e. The van der Waals surface area contributed by atoms with Gasteiger partial charge in [-0.2, -0.15) is 5.10 Å². The minimum Gasteiger partial charge on any atom is -0.493 e. The number of hydrogen-bond donors (Lipinski definition) is 1. The summed E-state index contributed by atoms with van der Waals surface area (Å²) < 4.78 is 11.7. The lowest BCUT2D eigenvalue weighted by atomic mass is 10.2. The number of benzene rings is 1. The first-order valence-electron chi connectivity index (χ1n) is 7.53. The molecule has 1 atom stereocenters. The molecule has 1 N–H and O–H groups in total. The Morgan fingerprint density at radius 3 is 2.44 bits per heavy atom. The van der Waals surface area contributed by atoms with Crippen molar-refractivity contribution in [2.24, 2.45) is 0 Å². The summed E-state index contributed by atoms with van der Waals surface area (Å²) in [5.41, 5.74) is 1.04. The van der Waals surface area contributed by atoms with Crippen molar-refractivity contribution in [3.05, 3.63) is 39.7 Å². The molecule has 0 fully saturated rings. The molecule has 0 spiro atoms. The number of rotatable bonds is 6. The summed E-state index contributed by atoms with van der Waals surface area (Å²) in [4.78, 5) is 23.1. The molecular formula is C16H20N4O5. The van der Waals surface area contributed by atoms with Crippen LogP contribution in [0.1, 0.15) is 24.4 Å². The molecule has 1 heterocycles. The maximum Gasteiger partial charge on any atom is 0.312 e. The molecule has 25 heavy (non-hydrogen) atoms. The van der Waals surface area contributed by atoms with Gasteiger partial charge < -0.3 is 14.8 Å². The van der Waals surface area contributed by atoms with Crippen molar-refractivity contribution in [3.63, 3.8) is 0 Å². The minimum absolute atomic E-state index is 0.0780. The first kappa shape index (κ1) is 18.2. The largest absolute Gasteiger partial charge is 0.493 e. The summed E-state index contributed by atoms with van der Waals surface area (Å²) in [5.74, 6) is 0.671. The summed E-state index contributed by atoms with van der Waals surface area (Å²) in [7, 11) is 3.02. The highest BCUT2D eigenvalue weighted by Crippen LogP contribution is 2.30. The van der Waals surface area contributed by atoms with Gasteiger partial charge in [-0.3, -0.25) is 19.6 Å². The molecular weight excluding hydrogens is 328 g/mol. The van der Waals surface area contributed by atoms with Gasteiger partial charge in [-0.1, -0.05) is 0 Å². The highest BCUT2D eigenvalue weighted by atomic mass is 16.6. The lowest BCUT2D eigenvalue weighted by molar-refractivity contribution is -0.386. The number of nitrogens with zero attached hydrogens (tertiary/aromatic N) is 3. The third kappa shape index (κ3) is 3.54. The maximum atomic E-state index is 12.5. The van der Waals surface area contributed by atoms with Gasteiger partial charge in [-0.15, -0.1) is 0 Å². The number of nitro groups is 1. The topological polar surface area (TPSA) is 109 Å². The van der Waals surface area contributed by atoms with Crippen LogP contribution in [0.5, 0.6) is 11.5 Å². The predicted octanol–water partition coefficient (Wildman–Crippen LogP) is 2.63. The molecule has 1 aromatic heterocycles.